The molecule has 4 rings (SSSR count). The summed E-state index contributed by atoms with van der Waals surface area (Å²) in [6, 6.07) is 12.2. The maximum absolute atomic E-state index is 12.8. The van der Waals surface area contributed by atoms with Crippen molar-refractivity contribution in [3.05, 3.63) is 54.0 Å². The summed E-state index contributed by atoms with van der Waals surface area (Å²) in [6.07, 6.45) is 6.19. The van der Waals surface area contributed by atoms with E-state index < -0.39 is 0 Å². The third kappa shape index (κ3) is 3.42. The van der Waals surface area contributed by atoms with Crippen molar-refractivity contribution >= 4 is 11.7 Å². The van der Waals surface area contributed by atoms with Crippen molar-refractivity contribution in [3.63, 3.8) is 0 Å². The van der Waals surface area contributed by atoms with Crippen molar-refractivity contribution in [3.8, 4) is 0 Å². The van der Waals surface area contributed by atoms with Crippen LogP contribution < -0.4 is 10.2 Å². The Kier molecular flexibility index (Phi) is 4.74. The molecule has 5 heteroatoms. The summed E-state index contributed by atoms with van der Waals surface area (Å²) in [5, 5.41) is 3.14. The number of amides is 2. The van der Waals surface area contributed by atoms with E-state index in [0.29, 0.717) is 6.54 Å². The zero-order chi connectivity index (χ0) is 17.1. The van der Waals surface area contributed by atoms with Crippen LogP contribution in [0.4, 0.5) is 10.5 Å². The van der Waals surface area contributed by atoms with Gasteiger partial charge in [0.1, 0.15) is 5.76 Å². The van der Waals surface area contributed by atoms with Gasteiger partial charge in [-0.2, -0.15) is 0 Å². The van der Waals surface area contributed by atoms with Gasteiger partial charge in [-0.1, -0.05) is 18.2 Å². The van der Waals surface area contributed by atoms with Gasteiger partial charge in [0.05, 0.1) is 12.3 Å². The molecule has 132 valence electrons. The van der Waals surface area contributed by atoms with Crippen LogP contribution in [-0.2, 0) is 6.42 Å². The van der Waals surface area contributed by atoms with Gasteiger partial charge in [0.25, 0.3) is 0 Å². The number of carbonyl (C=O) groups excluding carboxylic acids is 1. The maximum Gasteiger partial charge on any atom is 0.321 e. The number of nitrogens with one attached hydrogen (secondary N) is 1. The highest BCUT2D eigenvalue weighted by Gasteiger charge is 2.28. The standard InChI is InChI=1S/C20H25N3O2/c24-20(23-13-5-8-16-7-1-2-9-17(16)23)21-15-18(19-10-6-14-25-19)22-11-3-4-12-22/h1-2,6-7,9-10,14,18H,3-5,8,11-13,15H2,(H,21,24). The molecule has 1 fully saturated rings. The van der Waals surface area contributed by atoms with Crippen molar-refractivity contribution < 1.29 is 9.21 Å². The number of benzene rings is 1. The average Bonchev–Trinajstić information content (AvgIpc) is 3.36. The normalized spacial score (nSPS) is 18.8. The maximum atomic E-state index is 12.8. The molecule has 0 aliphatic carbocycles. The van der Waals surface area contributed by atoms with Crippen molar-refractivity contribution in [2.24, 2.45) is 0 Å². The molecule has 5 nitrogen and oxygen atoms in total. The SMILES string of the molecule is O=C(NCC(c1ccco1)N1CCCC1)N1CCCc2ccccc21. The quantitative estimate of drug-likeness (QED) is 0.926. The lowest BCUT2D eigenvalue weighted by molar-refractivity contribution is 0.205. The zero-order valence-corrected chi connectivity index (χ0v) is 14.5. The average molecular weight is 339 g/mol. The number of rotatable bonds is 4. The molecule has 0 spiro atoms. The molecule has 0 radical (unpaired) electrons. The van der Waals surface area contributed by atoms with Crippen molar-refractivity contribution in [2.75, 3.05) is 31.1 Å². The number of likely N-dealkylation sites (tertiary alicyclic amines) is 1. The summed E-state index contributed by atoms with van der Waals surface area (Å²) in [4.78, 5) is 17.1. The smallest absolute Gasteiger partial charge is 0.321 e. The Morgan fingerprint density at radius 2 is 1.92 bits per heavy atom. The first-order valence-electron chi connectivity index (χ1n) is 9.23. The molecule has 0 saturated carbocycles. The van der Waals surface area contributed by atoms with E-state index in [-0.39, 0.29) is 12.1 Å². The zero-order valence-electron chi connectivity index (χ0n) is 14.5. The van der Waals surface area contributed by atoms with Crippen molar-refractivity contribution in [1.29, 1.82) is 0 Å². The summed E-state index contributed by atoms with van der Waals surface area (Å²) in [7, 11) is 0. The van der Waals surface area contributed by atoms with E-state index in [2.05, 4.69) is 16.3 Å². The molecule has 2 aromatic rings. The molecular weight excluding hydrogens is 314 g/mol. The highest BCUT2D eigenvalue weighted by atomic mass is 16.3. The number of furan rings is 1. The second kappa shape index (κ2) is 7.31. The lowest BCUT2D eigenvalue weighted by Gasteiger charge is -2.31. The largest absolute Gasteiger partial charge is 0.468 e. The van der Waals surface area contributed by atoms with E-state index in [4.69, 9.17) is 4.42 Å². The van der Waals surface area contributed by atoms with Gasteiger partial charge in [-0.25, -0.2) is 4.79 Å². The Morgan fingerprint density at radius 1 is 1.08 bits per heavy atom. The van der Waals surface area contributed by atoms with E-state index in [1.807, 2.05) is 35.2 Å². The number of nitrogens with zero attached hydrogens (tertiary/aromatic N) is 2. The lowest BCUT2D eigenvalue weighted by atomic mass is 10.0. The summed E-state index contributed by atoms with van der Waals surface area (Å²) in [5.41, 5.74) is 2.30. The minimum Gasteiger partial charge on any atom is -0.468 e. The van der Waals surface area contributed by atoms with Crippen LogP contribution in [0.3, 0.4) is 0 Å². The van der Waals surface area contributed by atoms with Gasteiger partial charge in [-0.05, 0) is 62.5 Å². The molecule has 1 aromatic carbocycles. The Morgan fingerprint density at radius 3 is 2.72 bits per heavy atom. The number of fused-ring (bicyclic) bond motifs is 1. The van der Waals surface area contributed by atoms with Gasteiger partial charge in [0.15, 0.2) is 0 Å². The summed E-state index contributed by atoms with van der Waals surface area (Å²) >= 11 is 0. The lowest BCUT2D eigenvalue weighted by Crippen LogP contribution is -2.45. The molecule has 1 aromatic heterocycles. The molecule has 1 atom stereocenters. The third-order valence-corrected chi connectivity index (χ3v) is 5.26. The Labute approximate surface area is 148 Å². The number of hydrogen-bond donors (Lipinski definition) is 1. The van der Waals surface area contributed by atoms with Gasteiger partial charge < -0.3 is 9.73 Å². The van der Waals surface area contributed by atoms with E-state index >= 15 is 0 Å². The van der Waals surface area contributed by atoms with Crippen LogP contribution in [0.1, 0.15) is 36.6 Å². The molecule has 1 N–H and O–H groups in total. The van der Waals surface area contributed by atoms with Crippen LogP contribution in [-0.4, -0.2) is 37.1 Å². The minimum atomic E-state index is -0.0112. The van der Waals surface area contributed by atoms with Gasteiger partial charge in [0, 0.05) is 18.8 Å². The molecule has 3 heterocycles. The number of aryl methyl sites for hydroxylation is 1. The van der Waals surface area contributed by atoms with Crippen LogP contribution >= 0.6 is 0 Å². The fourth-order valence-electron chi connectivity index (χ4n) is 3.97. The van der Waals surface area contributed by atoms with Gasteiger partial charge in [-0.3, -0.25) is 9.80 Å². The van der Waals surface area contributed by atoms with Crippen LogP contribution in [0, 0.1) is 0 Å². The minimum absolute atomic E-state index is 0.0112. The van der Waals surface area contributed by atoms with Crippen molar-refractivity contribution in [2.45, 2.75) is 31.7 Å². The summed E-state index contributed by atoms with van der Waals surface area (Å²) < 4.78 is 5.64. The molecule has 2 aliphatic rings. The van der Waals surface area contributed by atoms with E-state index in [1.54, 1.807) is 6.26 Å². The number of anilines is 1. The van der Waals surface area contributed by atoms with Gasteiger partial charge in [0.2, 0.25) is 0 Å². The molecule has 2 amide bonds. The number of para-hydroxylation sites is 1. The van der Waals surface area contributed by atoms with Gasteiger partial charge in [-0.15, -0.1) is 0 Å². The molecular formula is C20H25N3O2. The fraction of sp³-hybridized carbons (Fsp3) is 0.450. The second-order valence-corrected chi connectivity index (χ2v) is 6.84. The van der Waals surface area contributed by atoms with Crippen LogP contribution in [0.2, 0.25) is 0 Å². The molecule has 25 heavy (non-hydrogen) atoms. The molecule has 1 saturated heterocycles. The third-order valence-electron chi connectivity index (χ3n) is 5.26. The first kappa shape index (κ1) is 16.2. The Balaban J connectivity index is 1.45. The molecule has 0 bridgehead atoms. The number of hydrogen-bond acceptors (Lipinski definition) is 3. The van der Waals surface area contributed by atoms with E-state index in [1.165, 1.54) is 18.4 Å². The summed E-state index contributed by atoms with van der Waals surface area (Å²) in [5.74, 6) is 0.932. The highest BCUT2D eigenvalue weighted by molar-refractivity contribution is 5.93. The Bertz CT molecular complexity index is 707. The Hall–Kier alpha value is -2.27. The van der Waals surface area contributed by atoms with Crippen molar-refractivity contribution in [1.82, 2.24) is 10.2 Å². The predicted octanol–water partition coefficient (Wildman–Crippen LogP) is 3.58. The van der Waals surface area contributed by atoms with Gasteiger partial charge >= 0.3 is 6.03 Å². The van der Waals surface area contributed by atoms with Crippen LogP contribution in [0.25, 0.3) is 0 Å². The monoisotopic (exact) mass is 339 g/mol. The van der Waals surface area contributed by atoms with E-state index in [9.17, 15) is 4.79 Å². The highest BCUT2D eigenvalue weighted by Crippen LogP contribution is 2.28. The second-order valence-electron chi connectivity index (χ2n) is 6.84. The molecule has 2 aliphatic heterocycles. The topological polar surface area (TPSA) is 48.7 Å². The fourth-order valence-corrected chi connectivity index (χ4v) is 3.97. The van der Waals surface area contributed by atoms with Crippen LogP contribution in [0.5, 0.6) is 0 Å². The number of carbonyl (C=O) groups is 1. The van der Waals surface area contributed by atoms with E-state index in [0.717, 1.165) is 43.9 Å². The predicted molar refractivity (Wildman–Crippen MR) is 97.8 cm³/mol. The number of urea groups is 1. The summed E-state index contributed by atoms with van der Waals surface area (Å²) in [6.45, 7) is 3.48. The first-order valence-corrected chi connectivity index (χ1v) is 9.23. The molecule has 1 unspecified atom stereocenters. The first-order chi connectivity index (χ1) is 12.3. The van der Waals surface area contributed by atoms with Crippen LogP contribution in [0.15, 0.2) is 47.1 Å².